The van der Waals surface area contributed by atoms with Crippen LogP contribution in [-0.4, -0.2) is 76.8 Å². The van der Waals surface area contributed by atoms with Gasteiger partial charge in [0.2, 0.25) is 10.0 Å². The summed E-state index contributed by atoms with van der Waals surface area (Å²) in [6, 6.07) is 20.0. The molecule has 39 heavy (non-hydrogen) atoms. The number of sulfonamides is 1. The number of morpholine rings is 1. The maximum atomic E-state index is 13.9. The van der Waals surface area contributed by atoms with Crippen LogP contribution in [-0.2, 0) is 27.7 Å². The molecule has 0 bridgehead atoms. The Bertz CT molecular complexity index is 1340. The smallest absolute Gasteiger partial charge is 0.243 e. The fourth-order valence-corrected chi connectivity index (χ4v) is 6.48. The Morgan fingerprint density at radius 2 is 1.67 bits per heavy atom. The van der Waals surface area contributed by atoms with E-state index in [0.29, 0.717) is 24.5 Å². The molecule has 0 saturated carbocycles. The molecule has 208 valence electrons. The molecule has 1 saturated heterocycles. The topological polar surface area (TPSA) is 77.5 Å². The van der Waals surface area contributed by atoms with E-state index in [0.717, 1.165) is 55.3 Å². The molecule has 3 aromatic carbocycles. The van der Waals surface area contributed by atoms with Gasteiger partial charge in [-0.1, -0.05) is 35.9 Å². The summed E-state index contributed by atoms with van der Waals surface area (Å²) in [6.07, 6.45) is 0.504. The first-order valence-corrected chi connectivity index (χ1v) is 14.8. The second-order valence-electron chi connectivity index (χ2n) is 9.95. The van der Waals surface area contributed by atoms with Gasteiger partial charge in [0.1, 0.15) is 30.5 Å². The average molecular weight is 553 g/mol. The van der Waals surface area contributed by atoms with E-state index in [9.17, 15) is 8.42 Å². The number of fused-ring (bicyclic) bond motifs is 1. The van der Waals surface area contributed by atoms with Gasteiger partial charge in [0.25, 0.3) is 0 Å². The summed E-state index contributed by atoms with van der Waals surface area (Å²) in [6.45, 7) is 7.27. The van der Waals surface area contributed by atoms with Crippen LogP contribution in [0.1, 0.15) is 16.7 Å². The first-order valence-electron chi connectivity index (χ1n) is 13.3. The number of hydrogen-bond acceptors (Lipinski definition) is 7. The Labute approximate surface area is 231 Å². The summed E-state index contributed by atoms with van der Waals surface area (Å²) in [7, 11) is -2.17. The second kappa shape index (κ2) is 12.4. The lowest BCUT2D eigenvalue weighted by atomic mass is 10.1. The molecule has 0 radical (unpaired) electrons. The SMILES string of the molecule is COc1ccc2c(c1)OC[C@H](Cc1ccc(OCCN3CCOCC3)cc1)N(S(=O)(=O)c1ccc(C)cc1)C2. The third-order valence-corrected chi connectivity index (χ3v) is 9.15. The van der Waals surface area contributed by atoms with Crippen molar-refractivity contribution in [1.29, 1.82) is 0 Å². The van der Waals surface area contributed by atoms with Crippen molar-refractivity contribution in [2.75, 3.05) is 53.2 Å². The van der Waals surface area contributed by atoms with Gasteiger partial charge in [0.15, 0.2) is 0 Å². The Balaban J connectivity index is 1.33. The highest BCUT2D eigenvalue weighted by atomic mass is 32.2. The lowest BCUT2D eigenvalue weighted by molar-refractivity contribution is 0.0322. The zero-order valence-electron chi connectivity index (χ0n) is 22.5. The Morgan fingerprint density at radius 1 is 0.949 bits per heavy atom. The molecule has 8 nitrogen and oxygen atoms in total. The molecule has 0 N–H and O–H groups in total. The van der Waals surface area contributed by atoms with E-state index in [-0.39, 0.29) is 18.0 Å². The Kier molecular flexibility index (Phi) is 8.72. The average Bonchev–Trinajstić information content (AvgIpc) is 3.14. The van der Waals surface area contributed by atoms with E-state index in [2.05, 4.69) is 4.90 Å². The lowest BCUT2D eigenvalue weighted by Crippen LogP contribution is -2.43. The van der Waals surface area contributed by atoms with Crippen LogP contribution in [0.3, 0.4) is 0 Å². The van der Waals surface area contributed by atoms with Crippen molar-refractivity contribution >= 4 is 10.0 Å². The first-order chi connectivity index (χ1) is 18.9. The standard InChI is InChI=1S/C30H36N2O6S/c1-23-3-11-29(12-4-23)39(33,34)32-21-25-7-10-28(35-2)20-30(25)38-22-26(32)19-24-5-8-27(9-6-24)37-18-15-31-13-16-36-17-14-31/h3-12,20,26H,13-19,21-22H2,1-2H3/t26-/m0/s1. The van der Waals surface area contributed by atoms with E-state index in [4.69, 9.17) is 18.9 Å². The van der Waals surface area contributed by atoms with Gasteiger partial charge in [-0.15, -0.1) is 0 Å². The minimum Gasteiger partial charge on any atom is -0.497 e. The van der Waals surface area contributed by atoms with Gasteiger partial charge < -0.3 is 18.9 Å². The minimum atomic E-state index is -3.78. The summed E-state index contributed by atoms with van der Waals surface area (Å²) in [5.41, 5.74) is 2.82. The van der Waals surface area contributed by atoms with Crippen LogP contribution in [0, 0.1) is 6.92 Å². The Hall–Kier alpha value is -3.11. The molecular weight excluding hydrogens is 516 g/mol. The van der Waals surface area contributed by atoms with Crippen LogP contribution in [0.15, 0.2) is 71.6 Å². The van der Waals surface area contributed by atoms with E-state index in [1.807, 2.05) is 61.5 Å². The summed E-state index contributed by atoms with van der Waals surface area (Å²) in [5.74, 6) is 2.11. The molecular formula is C30H36N2O6S. The molecule has 1 atom stereocenters. The highest BCUT2D eigenvalue weighted by molar-refractivity contribution is 7.89. The summed E-state index contributed by atoms with van der Waals surface area (Å²) >= 11 is 0. The van der Waals surface area contributed by atoms with Gasteiger partial charge >= 0.3 is 0 Å². The lowest BCUT2D eigenvalue weighted by Gasteiger charge is -2.28. The van der Waals surface area contributed by atoms with Gasteiger partial charge in [-0.3, -0.25) is 4.90 Å². The number of ether oxygens (including phenoxy) is 4. The molecule has 0 aliphatic carbocycles. The maximum Gasteiger partial charge on any atom is 0.243 e. The molecule has 0 spiro atoms. The molecule has 5 rings (SSSR count). The van der Waals surface area contributed by atoms with Crippen LogP contribution in [0.5, 0.6) is 17.2 Å². The predicted octanol–water partition coefficient (Wildman–Crippen LogP) is 3.91. The third-order valence-electron chi connectivity index (χ3n) is 7.24. The van der Waals surface area contributed by atoms with Gasteiger partial charge in [-0.25, -0.2) is 8.42 Å². The molecule has 2 aliphatic heterocycles. The summed E-state index contributed by atoms with van der Waals surface area (Å²) in [4.78, 5) is 2.61. The fourth-order valence-electron chi connectivity index (χ4n) is 4.89. The van der Waals surface area contributed by atoms with Crippen molar-refractivity contribution in [2.45, 2.75) is 30.8 Å². The number of aryl methyl sites for hydroxylation is 1. The van der Waals surface area contributed by atoms with Crippen molar-refractivity contribution in [2.24, 2.45) is 0 Å². The van der Waals surface area contributed by atoms with Crippen LogP contribution < -0.4 is 14.2 Å². The molecule has 2 heterocycles. The number of nitrogens with zero attached hydrogens (tertiary/aromatic N) is 2. The van der Waals surface area contributed by atoms with E-state index in [1.165, 1.54) is 0 Å². The molecule has 2 aliphatic rings. The first kappa shape index (κ1) is 27.5. The summed E-state index contributed by atoms with van der Waals surface area (Å²) < 4.78 is 52.3. The van der Waals surface area contributed by atoms with Crippen LogP contribution in [0.4, 0.5) is 0 Å². The highest BCUT2D eigenvalue weighted by Gasteiger charge is 2.35. The molecule has 0 unspecified atom stereocenters. The molecule has 9 heteroatoms. The van der Waals surface area contributed by atoms with Crippen LogP contribution >= 0.6 is 0 Å². The van der Waals surface area contributed by atoms with Gasteiger partial charge in [0, 0.05) is 37.8 Å². The third kappa shape index (κ3) is 6.73. The van der Waals surface area contributed by atoms with Gasteiger partial charge in [-0.05, 0) is 49.2 Å². The monoisotopic (exact) mass is 552 g/mol. The second-order valence-corrected chi connectivity index (χ2v) is 11.8. The fraction of sp³-hybridized carbons (Fsp3) is 0.400. The predicted molar refractivity (Wildman–Crippen MR) is 149 cm³/mol. The van der Waals surface area contributed by atoms with E-state index < -0.39 is 16.1 Å². The van der Waals surface area contributed by atoms with Crippen molar-refractivity contribution in [3.05, 3.63) is 83.4 Å². The maximum absolute atomic E-state index is 13.9. The van der Waals surface area contributed by atoms with Crippen molar-refractivity contribution in [1.82, 2.24) is 9.21 Å². The van der Waals surface area contributed by atoms with Crippen molar-refractivity contribution < 1.29 is 27.4 Å². The zero-order valence-corrected chi connectivity index (χ0v) is 23.4. The zero-order chi connectivity index (χ0) is 27.2. The number of rotatable bonds is 9. The summed E-state index contributed by atoms with van der Waals surface area (Å²) in [5, 5.41) is 0. The van der Waals surface area contributed by atoms with Crippen LogP contribution in [0.25, 0.3) is 0 Å². The van der Waals surface area contributed by atoms with Crippen molar-refractivity contribution in [3.8, 4) is 17.2 Å². The molecule has 0 aromatic heterocycles. The Morgan fingerprint density at radius 3 is 2.38 bits per heavy atom. The van der Waals surface area contributed by atoms with E-state index >= 15 is 0 Å². The number of hydrogen-bond donors (Lipinski definition) is 0. The largest absolute Gasteiger partial charge is 0.497 e. The van der Waals surface area contributed by atoms with Crippen molar-refractivity contribution in [3.63, 3.8) is 0 Å². The molecule has 0 amide bonds. The molecule has 3 aromatic rings. The normalized spacial score (nSPS) is 18.6. The quantitative estimate of drug-likeness (QED) is 0.398. The van der Waals surface area contributed by atoms with E-state index in [1.54, 1.807) is 23.5 Å². The minimum absolute atomic E-state index is 0.211. The number of benzene rings is 3. The van der Waals surface area contributed by atoms with Gasteiger partial charge in [-0.2, -0.15) is 4.31 Å². The highest BCUT2D eigenvalue weighted by Crippen LogP contribution is 2.33. The number of methoxy groups -OCH3 is 1. The van der Waals surface area contributed by atoms with Crippen LogP contribution in [0.2, 0.25) is 0 Å². The molecule has 1 fully saturated rings. The van der Waals surface area contributed by atoms with Gasteiger partial charge in [0.05, 0.1) is 31.3 Å².